The molecule has 1 aliphatic rings. The molecule has 1 amide bonds. The molecule has 3 rings (SSSR count). The van der Waals surface area contributed by atoms with Crippen LogP contribution in [0.2, 0.25) is 5.02 Å². The second-order valence-electron chi connectivity index (χ2n) is 4.98. The lowest BCUT2D eigenvalue weighted by Gasteiger charge is -2.45. The fourth-order valence-corrected chi connectivity index (χ4v) is 2.81. The summed E-state index contributed by atoms with van der Waals surface area (Å²) in [5, 5.41) is 0.661. The number of benzene rings is 2. The first-order chi connectivity index (χ1) is 9.66. The molecule has 0 bridgehead atoms. The second-order valence-corrected chi connectivity index (χ2v) is 5.41. The Labute approximate surface area is 123 Å². The van der Waals surface area contributed by atoms with Crippen molar-refractivity contribution in [3.05, 3.63) is 70.7 Å². The van der Waals surface area contributed by atoms with E-state index in [-0.39, 0.29) is 11.9 Å². The fraction of sp³-hybridized carbons (Fsp3) is 0.188. The van der Waals surface area contributed by atoms with E-state index < -0.39 is 6.04 Å². The summed E-state index contributed by atoms with van der Waals surface area (Å²) in [7, 11) is 0. The van der Waals surface area contributed by atoms with Crippen molar-refractivity contribution in [1.82, 2.24) is 4.90 Å². The summed E-state index contributed by atoms with van der Waals surface area (Å²) in [6, 6.07) is 16.9. The van der Waals surface area contributed by atoms with Gasteiger partial charge in [0.25, 0.3) is 0 Å². The number of nitrogens with zero attached hydrogens (tertiary/aromatic N) is 1. The van der Waals surface area contributed by atoms with Gasteiger partial charge >= 0.3 is 0 Å². The van der Waals surface area contributed by atoms with Gasteiger partial charge < -0.3 is 10.6 Å². The zero-order valence-electron chi connectivity index (χ0n) is 10.9. The van der Waals surface area contributed by atoms with Gasteiger partial charge in [-0.25, -0.2) is 0 Å². The molecule has 20 heavy (non-hydrogen) atoms. The van der Waals surface area contributed by atoms with Crippen molar-refractivity contribution in [3.63, 3.8) is 0 Å². The van der Waals surface area contributed by atoms with Crippen LogP contribution in [0.3, 0.4) is 0 Å². The van der Waals surface area contributed by atoms with Crippen molar-refractivity contribution in [2.24, 2.45) is 5.73 Å². The van der Waals surface area contributed by atoms with Crippen molar-refractivity contribution in [3.8, 4) is 0 Å². The Bertz CT molecular complexity index is 629. The van der Waals surface area contributed by atoms with Crippen molar-refractivity contribution >= 4 is 17.5 Å². The van der Waals surface area contributed by atoms with Crippen LogP contribution < -0.4 is 5.73 Å². The molecule has 3 nitrogen and oxygen atoms in total. The highest BCUT2D eigenvalue weighted by atomic mass is 35.5. The summed E-state index contributed by atoms with van der Waals surface area (Å²) in [5.74, 6) is -0.0150. The van der Waals surface area contributed by atoms with E-state index in [0.29, 0.717) is 11.6 Å². The molecule has 0 spiro atoms. The highest BCUT2D eigenvalue weighted by Gasteiger charge is 2.45. The molecule has 0 aliphatic carbocycles. The zero-order chi connectivity index (χ0) is 14.1. The Kier molecular flexibility index (Phi) is 3.47. The van der Waals surface area contributed by atoms with Crippen molar-refractivity contribution in [2.75, 3.05) is 0 Å². The Morgan fingerprint density at radius 2 is 1.85 bits per heavy atom. The number of rotatable bonds is 3. The summed E-state index contributed by atoms with van der Waals surface area (Å²) in [4.78, 5) is 13.8. The van der Waals surface area contributed by atoms with E-state index in [9.17, 15) is 4.79 Å². The smallest absolute Gasteiger partial charge is 0.242 e. The molecule has 0 saturated carbocycles. The molecule has 4 heteroatoms. The van der Waals surface area contributed by atoms with Crippen molar-refractivity contribution in [1.29, 1.82) is 0 Å². The molecule has 1 heterocycles. The highest BCUT2D eigenvalue weighted by Crippen LogP contribution is 2.35. The van der Waals surface area contributed by atoms with Gasteiger partial charge in [-0.05, 0) is 23.3 Å². The molecule has 1 aliphatic heterocycles. The van der Waals surface area contributed by atoms with Crippen LogP contribution in [0.1, 0.15) is 17.2 Å². The summed E-state index contributed by atoms with van der Waals surface area (Å²) >= 11 is 6.02. The number of carbonyl (C=O) groups excluding carboxylic acids is 1. The van der Waals surface area contributed by atoms with Crippen molar-refractivity contribution in [2.45, 2.75) is 18.6 Å². The van der Waals surface area contributed by atoms with Crippen LogP contribution in [0.25, 0.3) is 0 Å². The quantitative estimate of drug-likeness (QED) is 0.882. The predicted molar refractivity (Wildman–Crippen MR) is 79.2 cm³/mol. The fourth-order valence-electron chi connectivity index (χ4n) is 2.61. The summed E-state index contributed by atoms with van der Waals surface area (Å²) in [5.41, 5.74) is 8.04. The van der Waals surface area contributed by atoms with Crippen LogP contribution in [-0.2, 0) is 11.3 Å². The standard InChI is InChI=1S/C16H15ClN2O/c17-13-8-4-7-12(9-13)15-14(18)16(20)19(15)10-11-5-2-1-3-6-11/h1-9,14-15H,10,18H2/t14-,15-/m0/s1. The molecule has 2 aromatic carbocycles. The van der Waals surface area contributed by atoms with Crippen LogP contribution in [0.4, 0.5) is 0 Å². The number of carbonyl (C=O) groups is 1. The van der Waals surface area contributed by atoms with Gasteiger partial charge in [-0.2, -0.15) is 0 Å². The van der Waals surface area contributed by atoms with Gasteiger partial charge in [0.2, 0.25) is 5.91 Å². The number of amides is 1. The molecule has 2 atom stereocenters. The number of hydrogen-bond acceptors (Lipinski definition) is 2. The average molecular weight is 287 g/mol. The lowest BCUT2D eigenvalue weighted by atomic mass is 9.88. The van der Waals surface area contributed by atoms with E-state index in [1.54, 1.807) is 4.90 Å². The Morgan fingerprint density at radius 1 is 1.10 bits per heavy atom. The van der Waals surface area contributed by atoms with Crippen LogP contribution in [0, 0.1) is 0 Å². The third kappa shape index (κ3) is 2.30. The van der Waals surface area contributed by atoms with Gasteiger partial charge in [0.1, 0.15) is 6.04 Å². The second kappa shape index (κ2) is 5.27. The van der Waals surface area contributed by atoms with E-state index in [1.165, 1.54) is 0 Å². The maximum absolute atomic E-state index is 12.0. The molecular weight excluding hydrogens is 272 g/mol. The Balaban J connectivity index is 1.84. The van der Waals surface area contributed by atoms with Gasteiger partial charge in [-0.3, -0.25) is 4.79 Å². The van der Waals surface area contributed by atoms with Gasteiger partial charge in [-0.1, -0.05) is 54.1 Å². The van der Waals surface area contributed by atoms with E-state index >= 15 is 0 Å². The molecule has 0 unspecified atom stereocenters. The van der Waals surface area contributed by atoms with E-state index in [2.05, 4.69) is 0 Å². The molecule has 102 valence electrons. The molecule has 1 fully saturated rings. The van der Waals surface area contributed by atoms with E-state index in [0.717, 1.165) is 11.1 Å². The number of β-lactam (4-membered cyclic amide) rings is 1. The SMILES string of the molecule is N[C@@H]1C(=O)N(Cc2ccccc2)[C@H]1c1cccc(Cl)c1. The molecular formula is C16H15ClN2O. The number of halogens is 1. The highest BCUT2D eigenvalue weighted by molar-refractivity contribution is 6.30. The average Bonchev–Trinajstić information content (AvgIpc) is 2.47. The molecule has 2 aromatic rings. The minimum Gasteiger partial charge on any atom is -0.328 e. The number of nitrogens with two attached hydrogens (primary N) is 1. The first-order valence-corrected chi connectivity index (χ1v) is 6.90. The maximum atomic E-state index is 12.0. The molecule has 0 radical (unpaired) electrons. The van der Waals surface area contributed by atoms with E-state index in [4.69, 9.17) is 17.3 Å². The van der Waals surface area contributed by atoms with Crippen LogP contribution in [0.5, 0.6) is 0 Å². The molecule has 0 aromatic heterocycles. The monoisotopic (exact) mass is 286 g/mol. The third-order valence-corrected chi connectivity index (χ3v) is 3.87. The number of likely N-dealkylation sites (tertiary alicyclic amines) is 1. The van der Waals surface area contributed by atoms with Crippen LogP contribution >= 0.6 is 11.6 Å². The largest absolute Gasteiger partial charge is 0.328 e. The van der Waals surface area contributed by atoms with Gasteiger partial charge in [0.05, 0.1) is 6.04 Å². The van der Waals surface area contributed by atoms with Crippen LogP contribution in [-0.4, -0.2) is 16.8 Å². The Morgan fingerprint density at radius 3 is 2.55 bits per heavy atom. The minimum absolute atomic E-state index is 0.0150. The van der Waals surface area contributed by atoms with E-state index in [1.807, 2.05) is 54.6 Å². The van der Waals surface area contributed by atoms with Crippen LogP contribution in [0.15, 0.2) is 54.6 Å². The summed E-state index contributed by atoms with van der Waals surface area (Å²) < 4.78 is 0. The van der Waals surface area contributed by atoms with Gasteiger partial charge in [-0.15, -0.1) is 0 Å². The third-order valence-electron chi connectivity index (χ3n) is 3.63. The van der Waals surface area contributed by atoms with Gasteiger partial charge in [0.15, 0.2) is 0 Å². The summed E-state index contributed by atoms with van der Waals surface area (Å²) in [6.07, 6.45) is 0. The number of hydrogen-bond donors (Lipinski definition) is 1. The normalized spacial score (nSPS) is 21.7. The maximum Gasteiger partial charge on any atom is 0.242 e. The topological polar surface area (TPSA) is 46.3 Å². The molecule has 2 N–H and O–H groups in total. The first-order valence-electron chi connectivity index (χ1n) is 6.52. The minimum atomic E-state index is -0.475. The lowest BCUT2D eigenvalue weighted by Crippen LogP contribution is -2.62. The first kappa shape index (κ1) is 13.2. The lowest BCUT2D eigenvalue weighted by molar-refractivity contribution is -0.150. The summed E-state index contributed by atoms with van der Waals surface area (Å²) in [6.45, 7) is 0.574. The zero-order valence-corrected chi connectivity index (χ0v) is 11.6. The predicted octanol–water partition coefficient (Wildman–Crippen LogP) is 2.75. The van der Waals surface area contributed by atoms with Crippen molar-refractivity contribution < 1.29 is 4.79 Å². The Hall–Kier alpha value is -1.84. The van der Waals surface area contributed by atoms with Gasteiger partial charge in [0, 0.05) is 11.6 Å². The molecule has 1 saturated heterocycles.